The standard InChI is InChI=1S/C23H26ClN3O5S2.C21H20Cl3N3O3S2/c1-30-19-6-4-16(21(14-19)32-3)12-18-15-33-23(25-18)26-8-10-27(11-9-26)34(28,29)22-13-17(24)5-7-20(22)31-2;1-30-19-5-4-16(23)12-20(19)32(28,29)27-8-6-26(7-9-27)21-25-17(13-31-21)10-14-2-3-15(22)11-18(14)24/h4-7,13-15H,8-12H2,1-3H3;2-5,11-13H,6-10H2,1H3. The van der Waals surface area contributed by atoms with Gasteiger partial charge < -0.3 is 28.7 Å². The lowest BCUT2D eigenvalue weighted by molar-refractivity contribution is 0.373. The van der Waals surface area contributed by atoms with Gasteiger partial charge in [0.05, 0.1) is 39.8 Å². The van der Waals surface area contributed by atoms with Gasteiger partial charge in [-0.3, -0.25) is 0 Å². The Morgan fingerprint density at radius 3 is 1.38 bits per heavy atom. The number of thiazole rings is 2. The number of nitrogens with zero attached hydrogens (tertiary/aromatic N) is 6. The zero-order valence-corrected chi connectivity index (χ0v) is 42.5. The summed E-state index contributed by atoms with van der Waals surface area (Å²) in [5.74, 6) is 2.06. The van der Waals surface area contributed by atoms with Gasteiger partial charge in [0.25, 0.3) is 0 Å². The minimum absolute atomic E-state index is 0.0809. The molecule has 2 aliphatic rings. The molecule has 6 aromatic rings. The number of piperazine rings is 2. The molecule has 22 heteroatoms. The first-order chi connectivity index (χ1) is 31.6. The lowest BCUT2D eigenvalue weighted by Crippen LogP contribution is -2.48. The molecule has 0 atom stereocenters. The number of rotatable bonds is 14. The van der Waals surface area contributed by atoms with Crippen molar-refractivity contribution in [3.8, 4) is 23.0 Å². The zero-order valence-electron chi connectivity index (χ0n) is 36.2. The van der Waals surface area contributed by atoms with E-state index in [4.69, 9.17) is 75.3 Å². The average molecular weight is 1060 g/mol. The first kappa shape index (κ1) is 49.8. The van der Waals surface area contributed by atoms with Gasteiger partial charge in [0.1, 0.15) is 32.8 Å². The van der Waals surface area contributed by atoms with Crippen LogP contribution in [0.1, 0.15) is 22.5 Å². The van der Waals surface area contributed by atoms with Crippen molar-refractivity contribution in [2.75, 3.05) is 90.6 Å². The third-order valence-electron chi connectivity index (χ3n) is 10.8. The van der Waals surface area contributed by atoms with Crippen LogP contribution < -0.4 is 28.7 Å². The summed E-state index contributed by atoms with van der Waals surface area (Å²) in [6.45, 7) is 3.54. The van der Waals surface area contributed by atoms with Crippen LogP contribution in [0, 0.1) is 0 Å². The van der Waals surface area contributed by atoms with Crippen LogP contribution in [0.25, 0.3) is 0 Å². The number of ether oxygens (including phenoxy) is 4. The Hall–Kier alpha value is -4.08. The molecule has 2 saturated heterocycles. The van der Waals surface area contributed by atoms with E-state index in [1.54, 1.807) is 55.9 Å². The molecule has 0 N–H and O–H groups in total. The van der Waals surface area contributed by atoms with E-state index in [0.29, 0.717) is 85.3 Å². The topological polar surface area (TPSA) is 144 Å². The highest BCUT2D eigenvalue weighted by atomic mass is 35.5. The largest absolute Gasteiger partial charge is 0.497 e. The average Bonchev–Trinajstić information content (AvgIpc) is 4.00. The van der Waals surface area contributed by atoms with E-state index in [1.807, 2.05) is 41.1 Å². The predicted molar refractivity (Wildman–Crippen MR) is 264 cm³/mol. The van der Waals surface area contributed by atoms with Crippen molar-refractivity contribution in [2.24, 2.45) is 0 Å². The highest BCUT2D eigenvalue weighted by Gasteiger charge is 2.33. The highest BCUT2D eigenvalue weighted by molar-refractivity contribution is 7.89. The van der Waals surface area contributed by atoms with Gasteiger partial charge in [0, 0.05) is 108 Å². The molecule has 4 heterocycles. The Morgan fingerprint density at radius 1 is 0.515 bits per heavy atom. The second-order valence-corrected chi connectivity index (χ2v) is 22.1. The molecule has 0 radical (unpaired) electrons. The molecule has 0 aliphatic carbocycles. The van der Waals surface area contributed by atoms with Gasteiger partial charge in [-0.25, -0.2) is 26.8 Å². The molecule has 14 nitrogen and oxygen atoms in total. The second-order valence-electron chi connectivity index (χ2n) is 14.9. The minimum Gasteiger partial charge on any atom is -0.497 e. The summed E-state index contributed by atoms with van der Waals surface area (Å²) in [7, 11) is -1.30. The fraction of sp³-hybridized carbons (Fsp3) is 0.318. The van der Waals surface area contributed by atoms with Crippen LogP contribution in [0.15, 0.2) is 93.3 Å². The van der Waals surface area contributed by atoms with Crippen molar-refractivity contribution < 1.29 is 35.8 Å². The maximum atomic E-state index is 13.2. The highest BCUT2D eigenvalue weighted by Crippen LogP contribution is 2.34. The van der Waals surface area contributed by atoms with Gasteiger partial charge in [-0.05, 0) is 60.2 Å². The summed E-state index contributed by atoms with van der Waals surface area (Å²) in [6, 6.07) is 20.4. The molecule has 2 fully saturated rings. The van der Waals surface area contributed by atoms with E-state index in [9.17, 15) is 16.8 Å². The number of halogens is 4. The Labute approximate surface area is 413 Å². The van der Waals surface area contributed by atoms with E-state index in [1.165, 1.54) is 46.3 Å². The lowest BCUT2D eigenvalue weighted by atomic mass is 10.1. The summed E-state index contributed by atoms with van der Waals surface area (Å²) >= 11 is 27.4. The zero-order chi connectivity index (χ0) is 47.2. The molecule has 4 aromatic carbocycles. The van der Waals surface area contributed by atoms with Crippen molar-refractivity contribution in [1.29, 1.82) is 0 Å². The first-order valence-corrected chi connectivity index (χ1v) is 26.5. The molecular weight excluding hydrogens is 1010 g/mol. The van der Waals surface area contributed by atoms with Crippen molar-refractivity contribution in [1.82, 2.24) is 18.6 Å². The fourth-order valence-corrected chi connectivity index (χ4v) is 13.2. The van der Waals surface area contributed by atoms with Gasteiger partial charge in [-0.2, -0.15) is 8.61 Å². The monoisotopic (exact) mass is 1050 g/mol. The van der Waals surface area contributed by atoms with E-state index < -0.39 is 20.0 Å². The third kappa shape index (κ3) is 11.6. The quantitative estimate of drug-likeness (QED) is 0.103. The summed E-state index contributed by atoms with van der Waals surface area (Å²) in [5.41, 5.74) is 3.82. The van der Waals surface area contributed by atoms with Crippen LogP contribution in [0.3, 0.4) is 0 Å². The fourth-order valence-electron chi connectivity index (χ4n) is 7.32. The Balaban J connectivity index is 0.000000197. The molecule has 352 valence electrons. The van der Waals surface area contributed by atoms with Crippen LogP contribution in [-0.4, -0.2) is 116 Å². The van der Waals surface area contributed by atoms with Crippen LogP contribution >= 0.6 is 69.1 Å². The summed E-state index contributed by atoms with van der Waals surface area (Å²) in [5, 5.41) is 7.67. The molecule has 2 aromatic heterocycles. The summed E-state index contributed by atoms with van der Waals surface area (Å²) in [4.78, 5) is 13.9. The smallest absolute Gasteiger partial charge is 0.246 e. The number of methoxy groups -OCH3 is 4. The van der Waals surface area contributed by atoms with E-state index in [0.717, 1.165) is 44.3 Å². The van der Waals surface area contributed by atoms with Crippen molar-refractivity contribution in [3.63, 3.8) is 0 Å². The molecule has 0 bridgehead atoms. The minimum atomic E-state index is -3.73. The van der Waals surface area contributed by atoms with Gasteiger partial charge in [0.15, 0.2) is 10.3 Å². The number of hydrogen-bond acceptors (Lipinski definition) is 14. The molecule has 0 amide bonds. The number of sulfonamides is 2. The normalized spacial score (nSPS) is 15.0. The molecule has 0 saturated carbocycles. The van der Waals surface area contributed by atoms with Crippen molar-refractivity contribution in [3.05, 3.63) is 126 Å². The van der Waals surface area contributed by atoms with E-state index in [2.05, 4.69) is 9.80 Å². The van der Waals surface area contributed by atoms with E-state index >= 15 is 0 Å². The number of anilines is 2. The van der Waals surface area contributed by atoms with Crippen molar-refractivity contribution >= 4 is 99.4 Å². The molecule has 8 rings (SSSR count). The van der Waals surface area contributed by atoms with Gasteiger partial charge >= 0.3 is 0 Å². The maximum Gasteiger partial charge on any atom is 0.246 e. The van der Waals surface area contributed by atoms with Gasteiger partial charge in [-0.15, -0.1) is 22.7 Å². The molecule has 0 unspecified atom stereocenters. The number of aromatic nitrogens is 2. The van der Waals surface area contributed by atoms with Crippen LogP contribution in [-0.2, 0) is 32.9 Å². The van der Waals surface area contributed by atoms with Gasteiger partial charge in [-0.1, -0.05) is 58.5 Å². The van der Waals surface area contributed by atoms with Crippen LogP contribution in [0.4, 0.5) is 10.3 Å². The van der Waals surface area contributed by atoms with E-state index in [-0.39, 0.29) is 21.3 Å². The SMILES string of the molecule is COc1ccc(Cc2csc(N3CCN(S(=O)(=O)c4cc(Cl)ccc4OC)CC3)n2)c(OC)c1.COc1ccc(Cl)cc1S(=O)(=O)N1CCN(c2nc(Cc3ccc(Cl)cc3Cl)cs2)CC1. The molecule has 66 heavy (non-hydrogen) atoms. The summed E-state index contributed by atoms with van der Waals surface area (Å²) < 4.78 is 76.9. The number of hydrogen-bond donors (Lipinski definition) is 0. The Morgan fingerprint density at radius 2 is 0.939 bits per heavy atom. The lowest BCUT2D eigenvalue weighted by Gasteiger charge is -2.34. The summed E-state index contributed by atoms with van der Waals surface area (Å²) in [6.07, 6.45) is 1.24. The molecular formula is C44H46Cl4N6O8S4. The van der Waals surface area contributed by atoms with Crippen LogP contribution in [0.5, 0.6) is 23.0 Å². The Bertz CT molecular complexity index is 2870. The molecule has 2 aliphatic heterocycles. The van der Waals surface area contributed by atoms with Crippen molar-refractivity contribution in [2.45, 2.75) is 22.6 Å². The predicted octanol–water partition coefficient (Wildman–Crippen LogP) is 9.14. The maximum absolute atomic E-state index is 13.2. The third-order valence-corrected chi connectivity index (χ3v) is 17.6. The first-order valence-electron chi connectivity index (χ1n) is 20.3. The van der Waals surface area contributed by atoms with Gasteiger partial charge in [0.2, 0.25) is 20.0 Å². The van der Waals surface area contributed by atoms with Crippen LogP contribution in [0.2, 0.25) is 20.1 Å². The molecule has 0 spiro atoms. The second kappa shape index (κ2) is 21.9. The number of benzene rings is 4. The Kier molecular flexibility index (Phi) is 16.5.